The molecule has 0 saturated heterocycles. The van der Waals surface area contributed by atoms with E-state index in [-0.39, 0.29) is 17.7 Å². The second kappa shape index (κ2) is 10.2. The summed E-state index contributed by atoms with van der Waals surface area (Å²) in [6.07, 6.45) is -2.90. The number of rotatable bonds is 4. The average Bonchev–Trinajstić information content (AvgIpc) is 3.33. The number of nitrogens with zero attached hydrogens (tertiary/aromatic N) is 5. The quantitative estimate of drug-likeness (QED) is 0.228. The molecule has 0 spiro atoms. The lowest BCUT2D eigenvalue weighted by Gasteiger charge is -2.31. The van der Waals surface area contributed by atoms with E-state index in [0.29, 0.717) is 38.8 Å². The number of nitrogen functional groups attached to an aromatic ring is 1. The molecule has 210 valence electrons. The van der Waals surface area contributed by atoms with Gasteiger partial charge in [0.05, 0.1) is 34.7 Å². The van der Waals surface area contributed by atoms with E-state index in [1.165, 1.54) is 38.2 Å². The van der Waals surface area contributed by atoms with Gasteiger partial charge in [-0.05, 0) is 47.5 Å². The van der Waals surface area contributed by atoms with Gasteiger partial charge in [-0.3, -0.25) is 19.3 Å². The second-order valence-corrected chi connectivity index (χ2v) is 9.55. The maximum absolute atomic E-state index is 15.3. The molecule has 0 aliphatic heterocycles. The van der Waals surface area contributed by atoms with Gasteiger partial charge in [0.25, 0.3) is 5.91 Å². The highest BCUT2D eigenvalue weighted by Gasteiger charge is 2.30. The number of anilines is 1. The molecule has 0 aliphatic carbocycles. The Morgan fingerprint density at radius 3 is 2.29 bits per heavy atom. The number of hydrazine groups is 1. The zero-order valence-electron chi connectivity index (χ0n) is 22.2. The molecule has 8 nitrogen and oxygen atoms in total. The minimum atomic E-state index is -4.48. The maximum atomic E-state index is 15.3. The fraction of sp³-hybridized carbons (Fsp3) is 0.172. The van der Waals surface area contributed by atoms with Crippen molar-refractivity contribution in [3.8, 4) is 11.1 Å². The summed E-state index contributed by atoms with van der Waals surface area (Å²) < 4.78 is 55.6. The third-order valence-corrected chi connectivity index (χ3v) is 6.93. The Labute approximate surface area is 231 Å². The molecule has 12 heteroatoms. The van der Waals surface area contributed by atoms with Crippen molar-refractivity contribution in [3.05, 3.63) is 89.4 Å². The summed E-state index contributed by atoms with van der Waals surface area (Å²) in [6, 6.07) is 13.3. The molecule has 0 atom stereocenters. The fourth-order valence-electron chi connectivity index (χ4n) is 4.59. The summed E-state index contributed by atoms with van der Waals surface area (Å²) in [6.45, 7) is 0.990. The number of alkyl halides is 3. The van der Waals surface area contributed by atoms with Gasteiger partial charge in [-0.25, -0.2) is 14.4 Å². The van der Waals surface area contributed by atoms with Crippen molar-refractivity contribution < 1.29 is 27.2 Å². The first-order valence-electron chi connectivity index (χ1n) is 12.4. The van der Waals surface area contributed by atoms with Crippen LogP contribution in [-0.4, -0.2) is 43.6 Å². The molecule has 3 aromatic carbocycles. The summed E-state index contributed by atoms with van der Waals surface area (Å²) >= 11 is 0. The van der Waals surface area contributed by atoms with Crippen molar-refractivity contribution in [2.45, 2.75) is 19.6 Å². The Bertz CT molecular complexity index is 1820. The van der Waals surface area contributed by atoms with Gasteiger partial charge in [0, 0.05) is 37.5 Å². The van der Waals surface area contributed by atoms with Crippen LogP contribution in [0.3, 0.4) is 0 Å². The topological polar surface area (TPSA) is 97.3 Å². The Morgan fingerprint density at radius 1 is 0.976 bits per heavy atom. The number of carbonyl (C=O) groups is 2. The van der Waals surface area contributed by atoms with Gasteiger partial charge >= 0.3 is 6.18 Å². The minimum Gasteiger partial charge on any atom is -0.383 e. The van der Waals surface area contributed by atoms with Crippen LogP contribution in [0.15, 0.2) is 66.9 Å². The van der Waals surface area contributed by atoms with Crippen LogP contribution in [0.1, 0.15) is 28.4 Å². The normalized spacial score (nSPS) is 11.7. The van der Waals surface area contributed by atoms with Gasteiger partial charge < -0.3 is 5.73 Å². The molecule has 5 rings (SSSR count). The highest BCUT2D eigenvalue weighted by molar-refractivity contribution is 6.10. The first-order chi connectivity index (χ1) is 19.3. The number of pyridine rings is 1. The summed E-state index contributed by atoms with van der Waals surface area (Å²) in [5, 5.41) is 7.69. The van der Waals surface area contributed by atoms with Gasteiger partial charge in [-0.2, -0.15) is 18.3 Å². The third kappa shape index (κ3) is 5.15. The first-order valence-corrected chi connectivity index (χ1v) is 12.4. The van der Waals surface area contributed by atoms with Gasteiger partial charge in [0.15, 0.2) is 0 Å². The maximum Gasteiger partial charge on any atom is 0.416 e. The average molecular weight is 565 g/mol. The first kappa shape index (κ1) is 27.6. The number of fused-ring (bicyclic) bond motifs is 3. The zero-order valence-corrected chi connectivity index (χ0v) is 22.2. The standard InChI is InChI=1S/C29H24F4N6O2/c1-16(40)38(3)39(15-20-5-4-18(13-24(20)30)17-6-9-21(10-7-17)29(31,32)33)28(41)19-8-11-25-22(12-19)26-23(27(34)36-25)14-35-37(26)2/h4-14H,15H2,1-3H3,(H2,34,36). The van der Waals surface area contributed by atoms with Gasteiger partial charge in [-0.1, -0.05) is 24.3 Å². The lowest BCUT2D eigenvalue weighted by atomic mass is 10.0. The number of halogens is 4. The molecule has 5 aromatic rings. The summed E-state index contributed by atoms with van der Waals surface area (Å²) in [5.41, 5.74) is 7.56. The number of benzene rings is 3. The van der Waals surface area contributed by atoms with E-state index in [2.05, 4.69) is 10.1 Å². The minimum absolute atomic E-state index is 0.103. The number of aromatic nitrogens is 3. The van der Waals surface area contributed by atoms with Crippen molar-refractivity contribution in [1.29, 1.82) is 0 Å². The molecule has 0 fully saturated rings. The Balaban J connectivity index is 1.48. The number of hydrogen-bond acceptors (Lipinski definition) is 5. The van der Waals surface area contributed by atoms with Gasteiger partial charge in [-0.15, -0.1) is 0 Å². The number of nitrogens with two attached hydrogens (primary N) is 1. The van der Waals surface area contributed by atoms with Crippen LogP contribution >= 0.6 is 0 Å². The van der Waals surface area contributed by atoms with Crippen molar-refractivity contribution in [2.75, 3.05) is 12.8 Å². The van der Waals surface area contributed by atoms with Crippen LogP contribution in [0.2, 0.25) is 0 Å². The van der Waals surface area contributed by atoms with Crippen molar-refractivity contribution in [2.24, 2.45) is 7.05 Å². The molecule has 0 unspecified atom stereocenters. The van der Waals surface area contributed by atoms with Crippen LogP contribution in [0.5, 0.6) is 0 Å². The van der Waals surface area contributed by atoms with Crippen LogP contribution in [0.4, 0.5) is 23.4 Å². The van der Waals surface area contributed by atoms with Crippen LogP contribution < -0.4 is 5.73 Å². The van der Waals surface area contributed by atoms with Gasteiger partial charge in [0.1, 0.15) is 11.6 Å². The molecule has 2 aromatic heterocycles. The van der Waals surface area contributed by atoms with Gasteiger partial charge in [0.2, 0.25) is 5.91 Å². The van der Waals surface area contributed by atoms with E-state index in [9.17, 15) is 22.8 Å². The van der Waals surface area contributed by atoms with Crippen molar-refractivity contribution in [1.82, 2.24) is 24.8 Å². The summed E-state index contributed by atoms with van der Waals surface area (Å²) in [5.74, 6) is -1.41. The predicted molar refractivity (Wildman–Crippen MR) is 146 cm³/mol. The molecule has 0 radical (unpaired) electrons. The number of amides is 2. The molecule has 41 heavy (non-hydrogen) atoms. The van der Waals surface area contributed by atoms with E-state index in [0.717, 1.165) is 22.2 Å². The van der Waals surface area contributed by atoms with E-state index < -0.39 is 29.4 Å². The number of hydrogen-bond donors (Lipinski definition) is 1. The highest BCUT2D eigenvalue weighted by atomic mass is 19.4. The van der Waals surface area contributed by atoms with Crippen LogP contribution in [0.25, 0.3) is 32.9 Å². The van der Waals surface area contributed by atoms with Crippen LogP contribution in [-0.2, 0) is 24.6 Å². The third-order valence-electron chi connectivity index (χ3n) is 6.93. The molecule has 0 aliphatic rings. The van der Waals surface area contributed by atoms with E-state index >= 15 is 4.39 Å². The number of aryl methyl sites for hydroxylation is 1. The summed E-state index contributed by atoms with van der Waals surface area (Å²) in [4.78, 5) is 30.4. The smallest absolute Gasteiger partial charge is 0.383 e. The monoisotopic (exact) mass is 564 g/mol. The SMILES string of the molecule is CC(=O)N(C)N(Cc1ccc(-c2ccc(C(F)(F)F)cc2)cc1F)C(=O)c1ccc2nc(N)c3cnn(C)c3c2c1. The van der Waals surface area contributed by atoms with Crippen molar-refractivity contribution >= 4 is 39.4 Å². The molecule has 2 heterocycles. The predicted octanol–water partition coefficient (Wildman–Crippen LogP) is 5.56. The zero-order chi connectivity index (χ0) is 29.6. The highest BCUT2D eigenvalue weighted by Crippen LogP contribution is 2.32. The second-order valence-electron chi connectivity index (χ2n) is 9.55. The number of carbonyl (C=O) groups excluding carboxylic acids is 2. The molecular weight excluding hydrogens is 540 g/mol. The van der Waals surface area contributed by atoms with E-state index in [1.54, 1.807) is 42.2 Å². The Morgan fingerprint density at radius 2 is 1.66 bits per heavy atom. The Kier molecular flexibility index (Phi) is 6.85. The van der Waals surface area contributed by atoms with E-state index in [1.807, 2.05) is 0 Å². The molecule has 0 bridgehead atoms. The summed E-state index contributed by atoms with van der Waals surface area (Å²) in [7, 11) is 3.14. The Hall–Kier alpha value is -5.00. The van der Waals surface area contributed by atoms with Crippen LogP contribution in [0, 0.1) is 5.82 Å². The molecule has 2 N–H and O–H groups in total. The fourth-order valence-corrected chi connectivity index (χ4v) is 4.59. The van der Waals surface area contributed by atoms with E-state index in [4.69, 9.17) is 5.73 Å². The van der Waals surface area contributed by atoms with Crippen molar-refractivity contribution in [3.63, 3.8) is 0 Å². The lowest BCUT2D eigenvalue weighted by Crippen LogP contribution is -2.46. The largest absolute Gasteiger partial charge is 0.416 e. The lowest BCUT2D eigenvalue weighted by molar-refractivity contribution is -0.140. The molecular formula is C29H24F4N6O2. The molecule has 2 amide bonds. The molecule has 0 saturated carbocycles.